The van der Waals surface area contributed by atoms with Crippen LogP contribution in [0.4, 0.5) is 0 Å². The van der Waals surface area contributed by atoms with Gasteiger partial charge in [0.05, 0.1) is 18.2 Å². The molecule has 5 heteroatoms. The second-order valence-corrected chi connectivity index (χ2v) is 5.01. The van der Waals surface area contributed by atoms with E-state index in [0.29, 0.717) is 18.1 Å². The zero-order valence-corrected chi connectivity index (χ0v) is 11.7. The molecule has 1 atom stereocenters. The van der Waals surface area contributed by atoms with Crippen molar-refractivity contribution in [3.63, 3.8) is 0 Å². The average Bonchev–Trinajstić information content (AvgIpc) is 2.94. The van der Waals surface area contributed by atoms with E-state index in [1.165, 1.54) is 6.20 Å². The number of carbonyl (C=O) groups is 1. The maximum absolute atomic E-state index is 12.0. The van der Waals surface area contributed by atoms with E-state index in [1.807, 2.05) is 31.4 Å². The number of ether oxygens (including phenoxy) is 1. The number of thiophene rings is 1. The minimum atomic E-state index is -0.128. The Morgan fingerprint density at radius 2 is 2.32 bits per heavy atom. The molecule has 2 aromatic rings. The van der Waals surface area contributed by atoms with Crippen molar-refractivity contribution in [1.82, 2.24) is 10.3 Å². The van der Waals surface area contributed by atoms with Crippen LogP contribution in [0.5, 0.6) is 5.88 Å². The highest BCUT2D eigenvalue weighted by atomic mass is 32.1. The number of pyridine rings is 1. The van der Waals surface area contributed by atoms with Gasteiger partial charge in [-0.1, -0.05) is 6.07 Å². The predicted molar refractivity (Wildman–Crippen MR) is 75.6 cm³/mol. The van der Waals surface area contributed by atoms with Gasteiger partial charge in [-0.2, -0.15) is 0 Å². The van der Waals surface area contributed by atoms with Crippen LogP contribution in [0.15, 0.2) is 35.8 Å². The van der Waals surface area contributed by atoms with Crippen LogP contribution in [0, 0.1) is 0 Å². The van der Waals surface area contributed by atoms with Crippen molar-refractivity contribution >= 4 is 17.2 Å². The molecule has 0 aliphatic heterocycles. The van der Waals surface area contributed by atoms with E-state index < -0.39 is 0 Å². The van der Waals surface area contributed by atoms with E-state index in [1.54, 1.807) is 23.5 Å². The molecule has 1 amide bonds. The molecule has 0 aromatic carbocycles. The van der Waals surface area contributed by atoms with Crippen molar-refractivity contribution in [1.29, 1.82) is 0 Å². The zero-order chi connectivity index (χ0) is 13.7. The first-order valence-electron chi connectivity index (χ1n) is 6.14. The lowest BCUT2D eigenvalue weighted by Crippen LogP contribution is -2.26. The van der Waals surface area contributed by atoms with Gasteiger partial charge in [-0.3, -0.25) is 4.79 Å². The molecule has 0 radical (unpaired) electrons. The molecule has 100 valence electrons. The summed E-state index contributed by atoms with van der Waals surface area (Å²) in [6.07, 6.45) is 1.53. The lowest BCUT2D eigenvalue weighted by atomic mass is 10.2. The van der Waals surface area contributed by atoms with Crippen LogP contribution in [0.25, 0.3) is 0 Å². The second-order valence-electron chi connectivity index (χ2n) is 4.03. The lowest BCUT2D eigenvalue weighted by molar-refractivity contribution is 0.0940. The predicted octanol–water partition coefficient (Wildman–Crippen LogP) is 3.03. The fourth-order valence-corrected chi connectivity index (χ4v) is 2.37. The van der Waals surface area contributed by atoms with Crippen LogP contribution >= 0.6 is 11.3 Å². The van der Waals surface area contributed by atoms with Gasteiger partial charge in [-0.15, -0.1) is 11.3 Å². The Kier molecular flexibility index (Phi) is 4.52. The SMILES string of the molecule is CCOc1ccc(C(=O)N[C@H](C)c2cccs2)cn1. The molecule has 0 aliphatic carbocycles. The van der Waals surface area contributed by atoms with Gasteiger partial charge in [0.2, 0.25) is 5.88 Å². The van der Waals surface area contributed by atoms with Crippen molar-refractivity contribution in [2.75, 3.05) is 6.61 Å². The van der Waals surface area contributed by atoms with E-state index in [0.717, 1.165) is 4.88 Å². The lowest BCUT2D eigenvalue weighted by Gasteiger charge is -2.12. The number of nitrogens with zero attached hydrogens (tertiary/aromatic N) is 1. The van der Waals surface area contributed by atoms with E-state index in [4.69, 9.17) is 4.74 Å². The molecule has 2 rings (SSSR count). The molecule has 0 spiro atoms. The quantitative estimate of drug-likeness (QED) is 0.913. The fraction of sp³-hybridized carbons (Fsp3) is 0.286. The van der Waals surface area contributed by atoms with E-state index in [9.17, 15) is 4.79 Å². The molecular weight excluding hydrogens is 260 g/mol. The van der Waals surface area contributed by atoms with Crippen molar-refractivity contribution in [3.05, 3.63) is 46.3 Å². The molecule has 1 N–H and O–H groups in total. The highest BCUT2D eigenvalue weighted by Gasteiger charge is 2.12. The molecule has 0 bridgehead atoms. The molecule has 0 saturated carbocycles. The van der Waals surface area contributed by atoms with Gasteiger partial charge in [-0.25, -0.2) is 4.98 Å². The Labute approximate surface area is 116 Å². The average molecular weight is 276 g/mol. The highest BCUT2D eigenvalue weighted by molar-refractivity contribution is 7.10. The first kappa shape index (κ1) is 13.5. The highest BCUT2D eigenvalue weighted by Crippen LogP contribution is 2.18. The van der Waals surface area contributed by atoms with E-state index >= 15 is 0 Å². The van der Waals surface area contributed by atoms with Gasteiger partial charge in [0.1, 0.15) is 0 Å². The Hall–Kier alpha value is -1.88. The minimum absolute atomic E-state index is 0.000863. The summed E-state index contributed by atoms with van der Waals surface area (Å²) in [5.74, 6) is 0.404. The summed E-state index contributed by atoms with van der Waals surface area (Å²) < 4.78 is 5.24. The first-order valence-corrected chi connectivity index (χ1v) is 7.01. The number of carbonyl (C=O) groups excluding carboxylic acids is 1. The second kappa shape index (κ2) is 6.33. The van der Waals surface area contributed by atoms with Crippen molar-refractivity contribution in [2.24, 2.45) is 0 Å². The third kappa shape index (κ3) is 3.54. The number of amides is 1. The normalized spacial score (nSPS) is 11.9. The van der Waals surface area contributed by atoms with Gasteiger partial charge in [0.15, 0.2) is 0 Å². The number of hydrogen-bond donors (Lipinski definition) is 1. The fourth-order valence-electron chi connectivity index (χ4n) is 1.64. The van der Waals surface area contributed by atoms with Gasteiger partial charge < -0.3 is 10.1 Å². The van der Waals surface area contributed by atoms with Crippen LogP contribution in [-0.2, 0) is 0 Å². The van der Waals surface area contributed by atoms with Crippen LogP contribution < -0.4 is 10.1 Å². The van der Waals surface area contributed by atoms with Crippen LogP contribution in [-0.4, -0.2) is 17.5 Å². The Balaban J connectivity index is 1.99. The van der Waals surface area contributed by atoms with E-state index in [-0.39, 0.29) is 11.9 Å². The number of rotatable bonds is 5. The maximum Gasteiger partial charge on any atom is 0.253 e. The molecule has 2 heterocycles. The maximum atomic E-state index is 12.0. The summed E-state index contributed by atoms with van der Waals surface area (Å²) in [5, 5.41) is 4.94. The Morgan fingerprint density at radius 3 is 2.89 bits per heavy atom. The molecular formula is C14H16N2O2S. The summed E-state index contributed by atoms with van der Waals surface area (Å²) in [6, 6.07) is 7.40. The minimum Gasteiger partial charge on any atom is -0.478 e. The molecule has 0 fully saturated rings. The number of nitrogens with one attached hydrogen (secondary N) is 1. The number of hydrogen-bond acceptors (Lipinski definition) is 4. The Bertz CT molecular complexity index is 523. The van der Waals surface area contributed by atoms with Gasteiger partial charge >= 0.3 is 0 Å². The topological polar surface area (TPSA) is 51.2 Å². The van der Waals surface area contributed by atoms with Gasteiger partial charge in [-0.05, 0) is 31.4 Å². The standard InChI is InChI=1S/C14H16N2O2S/c1-3-18-13-7-6-11(9-15-13)14(17)16-10(2)12-5-4-8-19-12/h4-10H,3H2,1-2H3,(H,16,17)/t10-/m1/s1. The third-order valence-corrected chi connectivity index (χ3v) is 3.66. The summed E-state index contributed by atoms with van der Waals surface area (Å²) >= 11 is 1.63. The summed E-state index contributed by atoms with van der Waals surface area (Å²) in [5.41, 5.74) is 0.534. The largest absolute Gasteiger partial charge is 0.478 e. The third-order valence-electron chi connectivity index (χ3n) is 2.61. The first-order chi connectivity index (χ1) is 9.20. The van der Waals surface area contributed by atoms with Gasteiger partial charge in [0, 0.05) is 17.1 Å². The zero-order valence-electron chi connectivity index (χ0n) is 10.9. The smallest absolute Gasteiger partial charge is 0.253 e. The summed E-state index contributed by atoms with van der Waals surface area (Å²) in [4.78, 5) is 17.2. The van der Waals surface area contributed by atoms with Crippen molar-refractivity contribution < 1.29 is 9.53 Å². The molecule has 0 aliphatic rings. The van der Waals surface area contributed by atoms with Crippen molar-refractivity contribution in [3.8, 4) is 5.88 Å². The molecule has 19 heavy (non-hydrogen) atoms. The Morgan fingerprint density at radius 1 is 1.47 bits per heavy atom. The molecule has 2 aromatic heterocycles. The van der Waals surface area contributed by atoms with Crippen LogP contribution in [0.2, 0.25) is 0 Å². The van der Waals surface area contributed by atoms with E-state index in [2.05, 4.69) is 10.3 Å². The van der Waals surface area contributed by atoms with Gasteiger partial charge in [0.25, 0.3) is 5.91 Å². The summed E-state index contributed by atoms with van der Waals surface area (Å²) in [6.45, 7) is 4.42. The monoisotopic (exact) mass is 276 g/mol. The van der Waals surface area contributed by atoms with Crippen molar-refractivity contribution in [2.45, 2.75) is 19.9 Å². The number of aromatic nitrogens is 1. The molecule has 0 unspecified atom stereocenters. The summed E-state index contributed by atoms with van der Waals surface area (Å²) in [7, 11) is 0. The molecule has 0 saturated heterocycles. The van der Waals surface area contributed by atoms with Crippen LogP contribution in [0.1, 0.15) is 35.1 Å². The molecule has 4 nitrogen and oxygen atoms in total. The van der Waals surface area contributed by atoms with Crippen LogP contribution in [0.3, 0.4) is 0 Å².